The number of nitrogens with zero attached hydrogens (tertiary/aromatic N) is 3. The van der Waals surface area contributed by atoms with E-state index in [4.69, 9.17) is 28.2 Å². The van der Waals surface area contributed by atoms with Gasteiger partial charge in [-0.2, -0.15) is 0 Å². The number of benzene rings is 2. The van der Waals surface area contributed by atoms with Gasteiger partial charge >= 0.3 is 0 Å². The Labute approximate surface area is 174 Å². The smallest absolute Gasteiger partial charge is 0.190 e. The fourth-order valence-electron chi connectivity index (χ4n) is 2.58. The van der Waals surface area contributed by atoms with Crippen molar-refractivity contribution >= 4 is 110 Å². The molecule has 0 saturated carbocycles. The second-order valence-electron chi connectivity index (χ2n) is 5.32. The van der Waals surface area contributed by atoms with E-state index in [1.807, 2.05) is 24.5 Å². The zero-order chi connectivity index (χ0) is 17.8. The van der Waals surface area contributed by atoms with Crippen LogP contribution >= 0.6 is 69.0 Å². The highest BCUT2D eigenvalue weighted by molar-refractivity contribution is 8.00. The van der Waals surface area contributed by atoms with Gasteiger partial charge in [-0.05, 0) is 30.5 Å². The number of anilines is 2. The summed E-state index contributed by atoms with van der Waals surface area (Å²) in [6.45, 7) is 0. The van der Waals surface area contributed by atoms with Crippen molar-refractivity contribution in [3.8, 4) is 0 Å². The summed E-state index contributed by atoms with van der Waals surface area (Å²) in [5.74, 6) is 0. The second kappa shape index (κ2) is 6.47. The van der Waals surface area contributed by atoms with Gasteiger partial charge in [-0.1, -0.05) is 57.6 Å². The molecule has 5 rings (SSSR count). The van der Waals surface area contributed by atoms with Crippen LogP contribution in [0.4, 0.5) is 10.3 Å². The Bertz CT molecular complexity index is 1290. The third-order valence-electron chi connectivity index (χ3n) is 3.73. The first-order chi connectivity index (χ1) is 12.6. The van der Waals surface area contributed by atoms with Crippen LogP contribution in [0, 0.1) is 0 Å². The average molecular weight is 455 g/mol. The van der Waals surface area contributed by atoms with Gasteiger partial charge in [0.15, 0.2) is 14.6 Å². The molecule has 0 fully saturated rings. The number of thioether (sulfide) groups is 1. The van der Waals surface area contributed by atoms with Gasteiger partial charge in [-0.3, -0.25) is 0 Å². The van der Waals surface area contributed by atoms with Gasteiger partial charge < -0.3 is 5.32 Å². The largest absolute Gasteiger partial charge is 0.307 e. The number of aromatic nitrogens is 3. The molecule has 0 aliphatic carbocycles. The van der Waals surface area contributed by atoms with Crippen LogP contribution in [0.2, 0.25) is 10.0 Å². The standard InChI is InChI=1S/C16H8Cl2N4S4/c1-23-16-20-8-4-3-7-12(13(8)26-16)25-14(19-7)22-15-21-11-9(24-15)5-2-6(17)10(11)18/h2-5H,1H3,(H,19,21,22). The molecule has 0 aliphatic heterocycles. The lowest BCUT2D eigenvalue weighted by Gasteiger charge is -1.94. The summed E-state index contributed by atoms with van der Waals surface area (Å²) in [6.07, 6.45) is 2.04. The Kier molecular flexibility index (Phi) is 4.22. The van der Waals surface area contributed by atoms with Crippen LogP contribution in [0.5, 0.6) is 0 Å². The van der Waals surface area contributed by atoms with Crippen molar-refractivity contribution in [2.75, 3.05) is 11.6 Å². The average Bonchev–Trinajstić information content (AvgIpc) is 3.33. The number of hydrogen-bond acceptors (Lipinski definition) is 8. The van der Waals surface area contributed by atoms with Crippen molar-refractivity contribution in [3.63, 3.8) is 0 Å². The highest BCUT2D eigenvalue weighted by Crippen LogP contribution is 2.40. The molecule has 3 heterocycles. The predicted molar refractivity (Wildman–Crippen MR) is 118 cm³/mol. The Morgan fingerprint density at radius 1 is 0.885 bits per heavy atom. The monoisotopic (exact) mass is 454 g/mol. The molecular formula is C16H8Cl2N4S4. The normalized spacial score (nSPS) is 11.8. The van der Waals surface area contributed by atoms with Gasteiger partial charge in [0, 0.05) is 0 Å². The maximum absolute atomic E-state index is 6.25. The van der Waals surface area contributed by atoms with Crippen LogP contribution in [0.1, 0.15) is 0 Å². The third kappa shape index (κ3) is 2.76. The fourth-order valence-corrected chi connectivity index (χ4v) is 6.59. The third-order valence-corrected chi connectivity index (χ3v) is 8.67. The first-order valence-electron chi connectivity index (χ1n) is 7.38. The lowest BCUT2D eigenvalue weighted by molar-refractivity contribution is 1.31. The Hall–Kier alpha value is -1.16. The molecule has 1 N–H and O–H groups in total. The van der Waals surface area contributed by atoms with Crippen molar-refractivity contribution in [1.29, 1.82) is 0 Å². The molecule has 2 aromatic carbocycles. The molecule has 0 bridgehead atoms. The Morgan fingerprint density at radius 3 is 2.42 bits per heavy atom. The van der Waals surface area contributed by atoms with Crippen LogP contribution in [0.25, 0.3) is 30.6 Å². The Balaban J connectivity index is 1.58. The minimum atomic E-state index is 0.480. The van der Waals surface area contributed by atoms with E-state index < -0.39 is 0 Å². The van der Waals surface area contributed by atoms with Crippen LogP contribution in [0.3, 0.4) is 0 Å². The summed E-state index contributed by atoms with van der Waals surface area (Å²) in [7, 11) is 0. The van der Waals surface area contributed by atoms with Gasteiger partial charge in [0.25, 0.3) is 0 Å². The molecule has 5 aromatic rings. The minimum absolute atomic E-state index is 0.480. The highest BCUT2D eigenvalue weighted by Gasteiger charge is 2.14. The number of hydrogen-bond donors (Lipinski definition) is 1. The van der Waals surface area contributed by atoms with Crippen molar-refractivity contribution in [2.45, 2.75) is 4.34 Å². The van der Waals surface area contributed by atoms with Crippen LogP contribution in [0.15, 0.2) is 28.6 Å². The van der Waals surface area contributed by atoms with E-state index >= 15 is 0 Å². The zero-order valence-electron chi connectivity index (χ0n) is 13.0. The van der Waals surface area contributed by atoms with Gasteiger partial charge in [-0.25, -0.2) is 15.0 Å². The summed E-state index contributed by atoms with van der Waals surface area (Å²) < 4.78 is 4.37. The van der Waals surface area contributed by atoms with E-state index in [9.17, 15) is 0 Å². The molecule has 3 aromatic heterocycles. The molecular weight excluding hydrogens is 447 g/mol. The number of halogens is 2. The van der Waals surface area contributed by atoms with Gasteiger partial charge in [-0.15, -0.1) is 11.3 Å². The summed E-state index contributed by atoms with van der Waals surface area (Å²) in [6, 6.07) is 7.75. The van der Waals surface area contributed by atoms with Crippen molar-refractivity contribution in [3.05, 3.63) is 34.3 Å². The second-order valence-corrected chi connectivity index (χ2v) is 10.2. The van der Waals surface area contributed by atoms with Gasteiger partial charge in [0.05, 0.1) is 35.2 Å². The molecule has 0 saturated heterocycles. The first-order valence-corrected chi connectivity index (χ1v) is 11.8. The summed E-state index contributed by atoms with van der Waals surface area (Å²) >= 11 is 18.8. The van der Waals surface area contributed by atoms with Crippen molar-refractivity contribution in [2.24, 2.45) is 0 Å². The minimum Gasteiger partial charge on any atom is -0.307 e. The van der Waals surface area contributed by atoms with Crippen LogP contribution < -0.4 is 5.32 Å². The topological polar surface area (TPSA) is 50.7 Å². The molecule has 10 heteroatoms. The maximum atomic E-state index is 6.25. The van der Waals surface area contributed by atoms with E-state index in [2.05, 4.69) is 15.3 Å². The quantitative estimate of drug-likeness (QED) is 0.290. The molecule has 0 amide bonds. The summed E-state index contributed by atoms with van der Waals surface area (Å²) in [5.41, 5.74) is 2.69. The number of thiazole rings is 3. The van der Waals surface area contributed by atoms with Crippen molar-refractivity contribution in [1.82, 2.24) is 15.0 Å². The first kappa shape index (κ1) is 17.0. The summed E-state index contributed by atoms with van der Waals surface area (Å²) in [4.78, 5) is 13.9. The van der Waals surface area contributed by atoms with E-state index in [0.717, 1.165) is 35.0 Å². The SMILES string of the molecule is CSc1nc2ccc3nc(Nc4nc5c(Cl)c(Cl)ccc5s4)sc3c2s1. The number of fused-ring (bicyclic) bond motifs is 4. The molecule has 0 radical (unpaired) electrons. The molecule has 0 spiro atoms. The molecule has 0 unspecified atom stereocenters. The fraction of sp³-hybridized carbons (Fsp3) is 0.0625. The van der Waals surface area contributed by atoms with E-state index in [0.29, 0.717) is 15.6 Å². The lowest BCUT2D eigenvalue weighted by Crippen LogP contribution is -1.87. The van der Waals surface area contributed by atoms with Crippen LogP contribution in [-0.2, 0) is 0 Å². The molecule has 26 heavy (non-hydrogen) atoms. The maximum Gasteiger partial charge on any atom is 0.190 e. The number of nitrogens with one attached hydrogen (secondary N) is 1. The molecule has 0 atom stereocenters. The molecule has 130 valence electrons. The highest BCUT2D eigenvalue weighted by atomic mass is 35.5. The predicted octanol–water partition coefficient (Wildman–Crippen LogP) is 7.29. The number of rotatable bonds is 3. The van der Waals surface area contributed by atoms with E-state index in [1.165, 1.54) is 16.0 Å². The summed E-state index contributed by atoms with van der Waals surface area (Å²) in [5, 5.41) is 5.84. The zero-order valence-corrected chi connectivity index (χ0v) is 17.8. The molecule has 4 nitrogen and oxygen atoms in total. The van der Waals surface area contributed by atoms with Crippen molar-refractivity contribution < 1.29 is 0 Å². The lowest BCUT2D eigenvalue weighted by atomic mass is 10.3. The molecule has 0 aliphatic rings. The Morgan fingerprint density at radius 2 is 1.62 bits per heavy atom. The van der Waals surface area contributed by atoms with E-state index in [-0.39, 0.29) is 0 Å². The van der Waals surface area contributed by atoms with Gasteiger partial charge in [0.2, 0.25) is 0 Å². The van der Waals surface area contributed by atoms with Crippen LogP contribution in [-0.4, -0.2) is 21.2 Å². The van der Waals surface area contributed by atoms with E-state index in [1.54, 1.807) is 40.5 Å². The van der Waals surface area contributed by atoms with Gasteiger partial charge in [0.1, 0.15) is 5.52 Å².